The molecule has 4 nitrogen and oxygen atoms in total. The molecular formula is C11H14N2O2S. The van der Waals surface area contributed by atoms with Crippen molar-refractivity contribution in [1.82, 2.24) is 10.0 Å². The van der Waals surface area contributed by atoms with Gasteiger partial charge in [0.25, 0.3) is 0 Å². The van der Waals surface area contributed by atoms with E-state index in [4.69, 9.17) is 0 Å². The molecule has 0 spiro atoms. The largest absolute Gasteiger partial charge is 0.313 e. The first-order chi connectivity index (χ1) is 7.66. The van der Waals surface area contributed by atoms with E-state index in [1.165, 1.54) is 5.41 Å². The Morgan fingerprint density at radius 3 is 2.50 bits per heavy atom. The van der Waals surface area contributed by atoms with Gasteiger partial charge in [0, 0.05) is 24.5 Å². The topological polar surface area (TPSA) is 58.2 Å². The molecule has 0 aromatic heterocycles. The Morgan fingerprint density at radius 2 is 1.94 bits per heavy atom. The van der Waals surface area contributed by atoms with Crippen LogP contribution in [0.4, 0.5) is 0 Å². The van der Waals surface area contributed by atoms with Gasteiger partial charge < -0.3 is 5.32 Å². The fraction of sp³-hybridized carbons (Fsp3) is 0.273. The molecule has 1 heterocycles. The van der Waals surface area contributed by atoms with Crippen molar-refractivity contribution in [3.63, 3.8) is 0 Å². The van der Waals surface area contributed by atoms with Gasteiger partial charge in [0.2, 0.25) is 10.0 Å². The third kappa shape index (κ3) is 3.16. The molecule has 1 aromatic carbocycles. The van der Waals surface area contributed by atoms with E-state index >= 15 is 0 Å². The summed E-state index contributed by atoms with van der Waals surface area (Å²) in [6.07, 6.45) is 1.59. The minimum atomic E-state index is -3.31. The minimum Gasteiger partial charge on any atom is -0.313 e. The lowest BCUT2D eigenvalue weighted by molar-refractivity contribution is 0.412. The highest BCUT2D eigenvalue weighted by Gasteiger charge is 2.20. The molecule has 0 atom stereocenters. The van der Waals surface area contributed by atoms with Crippen LogP contribution in [0, 0.1) is 0 Å². The lowest BCUT2D eigenvalue weighted by Crippen LogP contribution is -2.56. The first-order valence-electron chi connectivity index (χ1n) is 5.12. The Bertz CT molecular complexity index is 464. The van der Waals surface area contributed by atoms with Crippen LogP contribution in [-0.2, 0) is 10.0 Å². The molecule has 86 valence electrons. The zero-order chi connectivity index (χ0) is 11.4. The van der Waals surface area contributed by atoms with Crippen LogP contribution in [0.15, 0.2) is 35.7 Å². The second kappa shape index (κ2) is 4.78. The SMILES string of the molecule is O=S(=O)(C=Cc1ccccc1)NC1CNC1. The summed E-state index contributed by atoms with van der Waals surface area (Å²) in [6.45, 7) is 1.41. The van der Waals surface area contributed by atoms with Gasteiger partial charge in [-0.25, -0.2) is 13.1 Å². The number of sulfonamides is 1. The highest BCUT2D eigenvalue weighted by Crippen LogP contribution is 2.03. The molecule has 0 saturated carbocycles. The Balaban J connectivity index is 2.00. The summed E-state index contributed by atoms with van der Waals surface area (Å²) >= 11 is 0. The van der Waals surface area contributed by atoms with E-state index in [0.29, 0.717) is 13.1 Å². The fourth-order valence-electron chi connectivity index (χ4n) is 1.38. The van der Waals surface area contributed by atoms with Crippen LogP contribution >= 0.6 is 0 Å². The molecule has 1 saturated heterocycles. The molecule has 0 unspecified atom stereocenters. The molecular weight excluding hydrogens is 224 g/mol. The lowest BCUT2D eigenvalue weighted by Gasteiger charge is -2.26. The molecule has 1 aliphatic heterocycles. The third-order valence-corrected chi connectivity index (χ3v) is 3.51. The number of nitrogens with one attached hydrogen (secondary N) is 2. The predicted molar refractivity (Wildman–Crippen MR) is 64.2 cm³/mol. The second-order valence-corrected chi connectivity index (χ2v) is 5.33. The first kappa shape index (κ1) is 11.3. The smallest absolute Gasteiger partial charge is 0.234 e. The van der Waals surface area contributed by atoms with Crippen molar-refractivity contribution in [2.24, 2.45) is 0 Å². The van der Waals surface area contributed by atoms with E-state index in [9.17, 15) is 8.42 Å². The van der Waals surface area contributed by atoms with Crippen LogP contribution in [0.1, 0.15) is 5.56 Å². The van der Waals surface area contributed by atoms with Crippen LogP contribution in [0.25, 0.3) is 6.08 Å². The van der Waals surface area contributed by atoms with E-state index in [2.05, 4.69) is 10.0 Å². The number of rotatable bonds is 4. The Morgan fingerprint density at radius 1 is 1.25 bits per heavy atom. The molecule has 16 heavy (non-hydrogen) atoms. The van der Waals surface area contributed by atoms with Gasteiger partial charge >= 0.3 is 0 Å². The first-order valence-corrected chi connectivity index (χ1v) is 6.66. The van der Waals surface area contributed by atoms with Crippen molar-refractivity contribution >= 4 is 16.1 Å². The summed E-state index contributed by atoms with van der Waals surface area (Å²) in [5, 5.41) is 4.22. The summed E-state index contributed by atoms with van der Waals surface area (Å²) in [7, 11) is -3.31. The Labute approximate surface area is 95.4 Å². The van der Waals surface area contributed by atoms with Gasteiger partial charge in [0.05, 0.1) is 0 Å². The molecule has 0 radical (unpaired) electrons. The van der Waals surface area contributed by atoms with Crippen LogP contribution in [0.3, 0.4) is 0 Å². The summed E-state index contributed by atoms with van der Waals surface area (Å²) in [6, 6.07) is 9.38. The van der Waals surface area contributed by atoms with Crippen molar-refractivity contribution in [3.8, 4) is 0 Å². The molecule has 2 rings (SSSR count). The molecule has 1 aliphatic rings. The summed E-state index contributed by atoms with van der Waals surface area (Å²) in [4.78, 5) is 0. The minimum absolute atomic E-state index is 0.0328. The molecule has 5 heteroatoms. The summed E-state index contributed by atoms with van der Waals surface area (Å²) in [5.41, 5.74) is 0.875. The molecule has 0 amide bonds. The van der Waals surface area contributed by atoms with E-state index in [1.807, 2.05) is 30.3 Å². The standard InChI is InChI=1S/C11H14N2O2S/c14-16(15,13-11-8-12-9-11)7-6-10-4-2-1-3-5-10/h1-7,11-13H,8-9H2. The lowest BCUT2D eigenvalue weighted by atomic mass is 10.2. The number of hydrogen-bond acceptors (Lipinski definition) is 3. The highest BCUT2D eigenvalue weighted by atomic mass is 32.2. The van der Waals surface area contributed by atoms with Gasteiger partial charge in [-0.3, -0.25) is 0 Å². The average Bonchev–Trinajstić information content (AvgIpc) is 2.23. The van der Waals surface area contributed by atoms with Crippen molar-refractivity contribution in [2.75, 3.05) is 13.1 Å². The van der Waals surface area contributed by atoms with E-state index in [1.54, 1.807) is 6.08 Å². The number of benzene rings is 1. The van der Waals surface area contributed by atoms with E-state index in [0.717, 1.165) is 5.56 Å². The van der Waals surface area contributed by atoms with Crippen molar-refractivity contribution < 1.29 is 8.42 Å². The molecule has 0 bridgehead atoms. The third-order valence-electron chi connectivity index (χ3n) is 2.35. The molecule has 0 aliphatic carbocycles. The van der Waals surface area contributed by atoms with Crippen LogP contribution in [-0.4, -0.2) is 27.5 Å². The van der Waals surface area contributed by atoms with E-state index < -0.39 is 10.0 Å². The van der Waals surface area contributed by atoms with Gasteiger partial charge in [-0.15, -0.1) is 0 Å². The average molecular weight is 238 g/mol. The summed E-state index contributed by atoms with van der Waals surface area (Å²) in [5.74, 6) is 0. The van der Waals surface area contributed by atoms with Gasteiger partial charge in [0.15, 0.2) is 0 Å². The van der Waals surface area contributed by atoms with Crippen LogP contribution in [0.5, 0.6) is 0 Å². The monoisotopic (exact) mass is 238 g/mol. The van der Waals surface area contributed by atoms with Crippen LogP contribution < -0.4 is 10.0 Å². The molecule has 1 fully saturated rings. The Hall–Kier alpha value is -1.17. The maximum Gasteiger partial charge on any atom is 0.234 e. The van der Waals surface area contributed by atoms with Gasteiger partial charge in [-0.1, -0.05) is 30.3 Å². The van der Waals surface area contributed by atoms with Crippen molar-refractivity contribution in [3.05, 3.63) is 41.3 Å². The zero-order valence-corrected chi connectivity index (χ0v) is 9.57. The van der Waals surface area contributed by atoms with Crippen molar-refractivity contribution in [2.45, 2.75) is 6.04 Å². The van der Waals surface area contributed by atoms with Gasteiger partial charge in [0.1, 0.15) is 0 Å². The second-order valence-electron chi connectivity index (χ2n) is 3.73. The fourth-order valence-corrected chi connectivity index (χ4v) is 2.42. The quantitative estimate of drug-likeness (QED) is 0.805. The maximum absolute atomic E-state index is 11.6. The maximum atomic E-state index is 11.6. The zero-order valence-electron chi connectivity index (χ0n) is 8.76. The molecule has 1 aromatic rings. The van der Waals surface area contributed by atoms with E-state index in [-0.39, 0.29) is 6.04 Å². The summed E-state index contributed by atoms with van der Waals surface area (Å²) < 4.78 is 25.7. The van der Waals surface area contributed by atoms with Gasteiger partial charge in [-0.2, -0.15) is 0 Å². The predicted octanol–water partition coefficient (Wildman–Crippen LogP) is 0.549. The van der Waals surface area contributed by atoms with Crippen LogP contribution in [0.2, 0.25) is 0 Å². The Kier molecular flexibility index (Phi) is 3.38. The normalized spacial score (nSPS) is 17.5. The molecule has 2 N–H and O–H groups in total. The van der Waals surface area contributed by atoms with Crippen molar-refractivity contribution in [1.29, 1.82) is 0 Å². The highest BCUT2D eigenvalue weighted by molar-refractivity contribution is 7.92. The number of hydrogen-bond donors (Lipinski definition) is 2. The van der Waals surface area contributed by atoms with Gasteiger partial charge in [-0.05, 0) is 11.6 Å².